The zero-order chi connectivity index (χ0) is 19.1. The van der Waals surface area contributed by atoms with Crippen molar-refractivity contribution >= 4 is 27.5 Å². The lowest BCUT2D eigenvalue weighted by Crippen LogP contribution is -2.13. The number of amides is 1. The first kappa shape index (κ1) is 19.9. The van der Waals surface area contributed by atoms with E-state index in [-0.39, 0.29) is 5.91 Å². The van der Waals surface area contributed by atoms with Gasteiger partial charge in [0, 0.05) is 29.4 Å². The largest absolute Gasteiger partial charge is 0.497 e. The molecule has 26 heavy (non-hydrogen) atoms. The lowest BCUT2D eigenvalue weighted by molar-refractivity contribution is 0.102. The van der Waals surface area contributed by atoms with Gasteiger partial charge in [0.2, 0.25) is 0 Å². The van der Waals surface area contributed by atoms with E-state index in [1.165, 1.54) is 7.11 Å². The maximum absolute atomic E-state index is 12.6. The minimum Gasteiger partial charge on any atom is -0.497 e. The van der Waals surface area contributed by atoms with Crippen molar-refractivity contribution in [3.8, 4) is 23.0 Å². The van der Waals surface area contributed by atoms with Gasteiger partial charge in [-0.25, -0.2) is 0 Å². The van der Waals surface area contributed by atoms with E-state index >= 15 is 0 Å². The number of methoxy groups -OCH3 is 3. The summed E-state index contributed by atoms with van der Waals surface area (Å²) in [4.78, 5) is 12.6. The highest BCUT2D eigenvalue weighted by molar-refractivity contribution is 9.10. The van der Waals surface area contributed by atoms with Crippen molar-refractivity contribution in [3.63, 3.8) is 0 Å². The van der Waals surface area contributed by atoms with E-state index in [1.54, 1.807) is 44.6 Å². The molecule has 0 saturated heterocycles. The molecule has 0 atom stereocenters. The molecule has 6 nitrogen and oxygen atoms in total. The van der Waals surface area contributed by atoms with Crippen LogP contribution in [-0.2, 0) is 0 Å². The first-order valence-corrected chi connectivity index (χ1v) is 8.86. The Morgan fingerprint density at radius 1 is 1.00 bits per heavy atom. The van der Waals surface area contributed by atoms with Gasteiger partial charge >= 0.3 is 0 Å². The fourth-order valence-corrected chi connectivity index (χ4v) is 2.83. The van der Waals surface area contributed by atoms with Crippen LogP contribution in [0.1, 0.15) is 23.7 Å². The van der Waals surface area contributed by atoms with Gasteiger partial charge in [-0.2, -0.15) is 0 Å². The average molecular weight is 424 g/mol. The lowest BCUT2D eigenvalue weighted by atomic mass is 10.1. The number of carbonyl (C=O) groups is 1. The van der Waals surface area contributed by atoms with E-state index in [2.05, 4.69) is 21.2 Å². The number of nitrogens with one attached hydrogen (secondary N) is 1. The van der Waals surface area contributed by atoms with Gasteiger partial charge in [0.05, 0.1) is 32.4 Å². The van der Waals surface area contributed by atoms with Crippen LogP contribution in [0, 0.1) is 0 Å². The Kier molecular flexibility index (Phi) is 7.15. The molecule has 0 spiro atoms. The second-order valence-electron chi connectivity index (χ2n) is 5.39. The number of hydrogen-bond donors (Lipinski definition) is 1. The molecule has 140 valence electrons. The Morgan fingerprint density at radius 3 is 2.19 bits per heavy atom. The molecule has 0 unspecified atom stereocenters. The van der Waals surface area contributed by atoms with E-state index in [4.69, 9.17) is 18.9 Å². The van der Waals surface area contributed by atoms with Crippen molar-refractivity contribution in [2.75, 3.05) is 33.3 Å². The van der Waals surface area contributed by atoms with Gasteiger partial charge in [0.15, 0.2) is 11.5 Å². The van der Waals surface area contributed by atoms with Gasteiger partial charge in [-0.1, -0.05) is 6.92 Å². The average Bonchev–Trinajstić information content (AvgIpc) is 2.65. The fourth-order valence-electron chi connectivity index (χ4n) is 2.28. The molecule has 0 saturated carbocycles. The van der Waals surface area contributed by atoms with Gasteiger partial charge in [-0.3, -0.25) is 4.79 Å². The van der Waals surface area contributed by atoms with Crippen molar-refractivity contribution in [1.82, 2.24) is 0 Å². The molecule has 0 heterocycles. The number of rotatable bonds is 8. The van der Waals surface area contributed by atoms with Crippen LogP contribution in [0.25, 0.3) is 0 Å². The molecule has 0 aliphatic carbocycles. The maximum atomic E-state index is 12.6. The molecular formula is C19H22BrNO5. The molecule has 0 aliphatic rings. The zero-order valence-electron chi connectivity index (χ0n) is 15.2. The van der Waals surface area contributed by atoms with Gasteiger partial charge in [-0.05, 0) is 34.5 Å². The molecule has 0 aromatic heterocycles. The van der Waals surface area contributed by atoms with Gasteiger partial charge in [0.1, 0.15) is 11.5 Å². The molecule has 0 aliphatic heterocycles. The predicted octanol–water partition coefficient (Wildman–Crippen LogP) is 4.52. The van der Waals surface area contributed by atoms with Crippen LogP contribution in [0.2, 0.25) is 0 Å². The summed E-state index contributed by atoms with van der Waals surface area (Å²) < 4.78 is 22.1. The number of carbonyl (C=O) groups excluding carboxylic acids is 1. The van der Waals surface area contributed by atoms with Crippen LogP contribution < -0.4 is 24.3 Å². The van der Waals surface area contributed by atoms with Crippen LogP contribution in [0.5, 0.6) is 23.0 Å². The summed E-state index contributed by atoms with van der Waals surface area (Å²) in [6.07, 6.45) is 0.871. The van der Waals surface area contributed by atoms with E-state index in [0.717, 1.165) is 6.42 Å². The SMILES string of the molecule is CCCOc1c(Br)cc(C(=O)Nc2cc(OC)cc(OC)c2)cc1OC. The molecular weight excluding hydrogens is 402 g/mol. The first-order valence-electron chi connectivity index (χ1n) is 8.07. The fraction of sp³-hybridized carbons (Fsp3) is 0.316. The zero-order valence-corrected chi connectivity index (χ0v) is 16.8. The third-order valence-corrected chi connectivity index (χ3v) is 4.14. The Balaban J connectivity index is 2.28. The molecule has 2 aromatic carbocycles. The number of ether oxygens (including phenoxy) is 4. The third-order valence-electron chi connectivity index (χ3n) is 3.55. The molecule has 1 N–H and O–H groups in total. The topological polar surface area (TPSA) is 66.0 Å². The third kappa shape index (κ3) is 4.82. The van der Waals surface area contributed by atoms with Crippen molar-refractivity contribution < 1.29 is 23.7 Å². The minimum absolute atomic E-state index is 0.290. The van der Waals surface area contributed by atoms with Crippen LogP contribution >= 0.6 is 15.9 Å². The van der Waals surface area contributed by atoms with Crippen LogP contribution in [-0.4, -0.2) is 33.8 Å². The molecule has 0 fully saturated rings. The number of benzene rings is 2. The van der Waals surface area contributed by atoms with Crippen molar-refractivity contribution in [1.29, 1.82) is 0 Å². The molecule has 0 radical (unpaired) electrons. The summed E-state index contributed by atoms with van der Waals surface area (Å²) in [5, 5.41) is 2.83. The van der Waals surface area contributed by atoms with Gasteiger partial charge < -0.3 is 24.3 Å². The number of hydrogen-bond acceptors (Lipinski definition) is 5. The van der Waals surface area contributed by atoms with Crippen molar-refractivity contribution in [2.24, 2.45) is 0 Å². The second kappa shape index (κ2) is 9.33. The summed E-state index contributed by atoms with van der Waals surface area (Å²) in [6.45, 7) is 2.58. The molecule has 2 rings (SSSR count). The van der Waals surface area contributed by atoms with E-state index in [9.17, 15) is 4.79 Å². The minimum atomic E-state index is -0.290. The highest BCUT2D eigenvalue weighted by Gasteiger charge is 2.16. The first-order chi connectivity index (χ1) is 12.5. The lowest BCUT2D eigenvalue weighted by Gasteiger charge is -2.14. The monoisotopic (exact) mass is 423 g/mol. The summed E-state index contributed by atoms with van der Waals surface area (Å²) in [7, 11) is 4.64. The highest BCUT2D eigenvalue weighted by atomic mass is 79.9. The smallest absolute Gasteiger partial charge is 0.255 e. The van der Waals surface area contributed by atoms with Crippen LogP contribution in [0.4, 0.5) is 5.69 Å². The summed E-state index contributed by atoms with van der Waals surface area (Å²) >= 11 is 3.44. The number of halogens is 1. The maximum Gasteiger partial charge on any atom is 0.255 e. The Labute approximate surface area is 161 Å². The van der Waals surface area contributed by atoms with E-state index < -0.39 is 0 Å². The van der Waals surface area contributed by atoms with Crippen molar-refractivity contribution in [2.45, 2.75) is 13.3 Å². The standard InChI is InChI=1S/C19H22BrNO5/c1-5-6-26-18-16(20)7-12(8-17(18)25-4)19(22)21-13-9-14(23-2)11-15(10-13)24-3/h7-11H,5-6H2,1-4H3,(H,21,22). The normalized spacial score (nSPS) is 10.2. The van der Waals surface area contributed by atoms with Crippen LogP contribution in [0.15, 0.2) is 34.8 Å². The van der Waals surface area contributed by atoms with E-state index in [1.807, 2.05) is 6.92 Å². The molecule has 0 bridgehead atoms. The Morgan fingerprint density at radius 2 is 1.65 bits per heavy atom. The Bertz CT molecular complexity index is 757. The molecule has 1 amide bonds. The van der Waals surface area contributed by atoms with E-state index in [0.29, 0.717) is 45.3 Å². The van der Waals surface area contributed by atoms with Gasteiger partial charge in [-0.15, -0.1) is 0 Å². The molecule has 7 heteroatoms. The van der Waals surface area contributed by atoms with Gasteiger partial charge in [0.25, 0.3) is 5.91 Å². The second-order valence-corrected chi connectivity index (χ2v) is 6.25. The highest BCUT2D eigenvalue weighted by Crippen LogP contribution is 2.37. The predicted molar refractivity (Wildman–Crippen MR) is 104 cm³/mol. The quantitative estimate of drug-likeness (QED) is 0.675. The number of anilines is 1. The summed E-state index contributed by atoms with van der Waals surface area (Å²) in [5.41, 5.74) is 0.993. The summed E-state index contributed by atoms with van der Waals surface area (Å²) in [5.74, 6) is 1.94. The summed E-state index contributed by atoms with van der Waals surface area (Å²) in [6, 6.07) is 8.49. The van der Waals surface area contributed by atoms with Crippen LogP contribution in [0.3, 0.4) is 0 Å². The Hall–Kier alpha value is -2.41. The van der Waals surface area contributed by atoms with Crippen molar-refractivity contribution in [3.05, 3.63) is 40.4 Å². The molecule has 2 aromatic rings.